The van der Waals surface area contributed by atoms with Crippen LogP contribution in [0.15, 0.2) is 53.5 Å². The van der Waals surface area contributed by atoms with Crippen molar-refractivity contribution in [2.45, 2.75) is 33.2 Å². The lowest BCUT2D eigenvalue weighted by Gasteiger charge is -2.42. The fraction of sp³-hybridized carbons (Fsp3) is 0.304. The summed E-state index contributed by atoms with van der Waals surface area (Å²) in [5.74, 6) is -0.342. The third-order valence-corrected chi connectivity index (χ3v) is 4.97. The number of aliphatic imine (C=N–C) groups is 1. The molecule has 0 N–H and O–H groups in total. The predicted molar refractivity (Wildman–Crippen MR) is 112 cm³/mol. The van der Waals surface area contributed by atoms with Crippen LogP contribution >= 0.6 is 0 Å². The number of carbonyl (C=O) groups is 1. The first-order chi connectivity index (χ1) is 12.9. The van der Waals surface area contributed by atoms with Crippen LogP contribution in [0.3, 0.4) is 0 Å². The molecule has 27 heavy (non-hydrogen) atoms. The van der Waals surface area contributed by atoms with Crippen molar-refractivity contribution < 1.29 is 9.53 Å². The van der Waals surface area contributed by atoms with Crippen molar-refractivity contribution >= 4 is 29.1 Å². The minimum Gasteiger partial charge on any atom is -0.465 e. The monoisotopic (exact) mass is 362 g/mol. The summed E-state index contributed by atoms with van der Waals surface area (Å²) in [6.45, 7) is 9.81. The molecule has 1 aliphatic heterocycles. The Kier molecular flexibility index (Phi) is 5.17. The van der Waals surface area contributed by atoms with Crippen LogP contribution in [0.2, 0.25) is 0 Å². The smallest absolute Gasteiger partial charge is 0.337 e. The van der Waals surface area contributed by atoms with E-state index in [1.165, 1.54) is 23.9 Å². The molecule has 2 aromatic carbocycles. The average molecular weight is 362 g/mol. The van der Waals surface area contributed by atoms with Gasteiger partial charge in [0.15, 0.2) is 0 Å². The molecule has 0 unspecified atom stereocenters. The number of carbonyl (C=O) groups excluding carboxylic acids is 1. The van der Waals surface area contributed by atoms with E-state index >= 15 is 0 Å². The van der Waals surface area contributed by atoms with Crippen LogP contribution in [0.5, 0.6) is 0 Å². The molecule has 4 heteroatoms. The molecule has 0 aromatic heterocycles. The van der Waals surface area contributed by atoms with Crippen LogP contribution in [-0.4, -0.2) is 31.4 Å². The Morgan fingerprint density at radius 2 is 1.89 bits per heavy atom. The van der Waals surface area contributed by atoms with Gasteiger partial charge in [-0.3, -0.25) is 4.99 Å². The number of rotatable bonds is 4. The number of ether oxygens (including phenoxy) is 1. The Balaban J connectivity index is 1.86. The number of hydrogen-bond acceptors (Lipinski definition) is 4. The van der Waals surface area contributed by atoms with E-state index in [9.17, 15) is 4.79 Å². The molecule has 0 saturated carbocycles. The van der Waals surface area contributed by atoms with Crippen LogP contribution in [-0.2, 0) is 4.74 Å². The van der Waals surface area contributed by atoms with Gasteiger partial charge in [-0.1, -0.05) is 12.1 Å². The summed E-state index contributed by atoms with van der Waals surface area (Å²) in [6, 6.07) is 13.5. The first-order valence-corrected chi connectivity index (χ1v) is 9.19. The van der Waals surface area contributed by atoms with Crippen molar-refractivity contribution in [1.29, 1.82) is 0 Å². The molecule has 1 aliphatic rings. The Labute approximate surface area is 161 Å². The molecule has 0 saturated heterocycles. The summed E-state index contributed by atoms with van der Waals surface area (Å²) in [5, 5.41) is 0. The van der Waals surface area contributed by atoms with Crippen molar-refractivity contribution in [1.82, 2.24) is 0 Å². The molecule has 0 radical (unpaired) electrons. The molecule has 1 heterocycles. The van der Waals surface area contributed by atoms with E-state index in [0.717, 1.165) is 17.8 Å². The van der Waals surface area contributed by atoms with Crippen LogP contribution in [0, 0.1) is 0 Å². The zero-order valence-corrected chi connectivity index (χ0v) is 16.6. The van der Waals surface area contributed by atoms with Crippen LogP contribution in [0.4, 0.5) is 11.4 Å². The SMILES string of the molecule is CCN1c2ccc(C=Nc3ccc(C(=O)OC)cc3)cc2C(C)=CC1(C)C. The zero-order chi connectivity index (χ0) is 19.6. The number of methoxy groups -OCH3 is 1. The highest BCUT2D eigenvalue weighted by Gasteiger charge is 2.29. The maximum absolute atomic E-state index is 11.5. The first kappa shape index (κ1) is 18.9. The lowest BCUT2D eigenvalue weighted by molar-refractivity contribution is 0.0601. The maximum Gasteiger partial charge on any atom is 0.337 e. The maximum atomic E-state index is 11.5. The second-order valence-corrected chi connectivity index (χ2v) is 7.30. The standard InChI is InChI=1S/C23H26N2O2/c1-6-25-21-12-7-17(13-20(21)16(2)14-23(25,3)4)15-24-19-10-8-18(9-11-19)22(26)27-5/h7-15H,6H2,1-5H3. The number of fused-ring (bicyclic) bond motifs is 1. The fourth-order valence-electron chi connectivity index (χ4n) is 3.71. The Morgan fingerprint density at radius 3 is 2.52 bits per heavy atom. The third-order valence-electron chi connectivity index (χ3n) is 4.97. The molecule has 0 aliphatic carbocycles. The minimum atomic E-state index is -0.342. The molecule has 0 amide bonds. The summed E-state index contributed by atoms with van der Waals surface area (Å²) in [7, 11) is 1.38. The molecule has 140 valence electrons. The molecular formula is C23H26N2O2. The number of benzene rings is 2. The molecule has 2 aromatic rings. The number of hydrogen-bond donors (Lipinski definition) is 0. The number of anilines is 1. The van der Waals surface area contributed by atoms with E-state index < -0.39 is 0 Å². The average Bonchev–Trinajstić information content (AvgIpc) is 2.66. The predicted octanol–water partition coefficient (Wildman–Crippen LogP) is 5.25. The highest BCUT2D eigenvalue weighted by molar-refractivity contribution is 5.90. The summed E-state index contributed by atoms with van der Waals surface area (Å²) in [4.78, 5) is 18.5. The quantitative estimate of drug-likeness (QED) is 0.551. The van der Waals surface area contributed by atoms with Crippen LogP contribution in [0.1, 0.15) is 49.2 Å². The van der Waals surface area contributed by atoms with Gasteiger partial charge in [0, 0.05) is 24.0 Å². The van der Waals surface area contributed by atoms with E-state index in [0.29, 0.717) is 5.56 Å². The summed E-state index contributed by atoms with van der Waals surface area (Å²) >= 11 is 0. The van der Waals surface area contributed by atoms with E-state index in [1.807, 2.05) is 18.3 Å². The Bertz CT molecular complexity index is 908. The number of allylic oxidation sites excluding steroid dienone is 1. The van der Waals surface area contributed by atoms with Gasteiger partial charge in [-0.05, 0) is 75.2 Å². The van der Waals surface area contributed by atoms with Crippen molar-refractivity contribution in [3.63, 3.8) is 0 Å². The molecule has 0 spiro atoms. The lowest BCUT2D eigenvalue weighted by Crippen LogP contribution is -2.44. The van der Waals surface area contributed by atoms with Gasteiger partial charge in [0.05, 0.1) is 23.9 Å². The van der Waals surface area contributed by atoms with Crippen molar-refractivity contribution in [3.05, 3.63) is 65.2 Å². The highest BCUT2D eigenvalue weighted by atomic mass is 16.5. The van der Waals surface area contributed by atoms with Gasteiger partial charge in [-0.25, -0.2) is 4.79 Å². The van der Waals surface area contributed by atoms with Gasteiger partial charge < -0.3 is 9.64 Å². The lowest BCUT2D eigenvalue weighted by atomic mass is 9.88. The largest absolute Gasteiger partial charge is 0.465 e. The molecule has 4 nitrogen and oxygen atoms in total. The minimum absolute atomic E-state index is 0.0167. The van der Waals surface area contributed by atoms with Gasteiger partial charge in [0.2, 0.25) is 0 Å². The zero-order valence-electron chi connectivity index (χ0n) is 16.6. The van der Waals surface area contributed by atoms with Gasteiger partial charge >= 0.3 is 5.97 Å². The van der Waals surface area contributed by atoms with E-state index in [2.05, 4.69) is 61.9 Å². The van der Waals surface area contributed by atoms with E-state index in [-0.39, 0.29) is 11.5 Å². The van der Waals surface area contributed by atoms with Crippen LogP contribution in [0.25, 0.3) is 5.57 Å². The molecular weight excluding hydrogens is 336 g/mol. The number of esters is 1. The Morgan fingerprint density at radius 1 is 1.19 bits per heavy atom. The highest BCUT2D eigenvalue weighted by Crippen LogP contribution is 2.38. The first-order valence-electron chi connectivity index (χ1n) is 9.19. The summed E-state index contributed by atoms with van der Waals surface area (Å²) in [5.41, 5.74) is 6.19. The second-order valence-electron chi connectivity index (χ2n) is 7.30. The van der Waals surface area contributed by atoms with Crippen LogP contribution < -0.4 is 4.90 Å². The summed E-state index contributed by atoms with van der Waals surface area (Å²) in [6.07, 6.45) is 4.18. The number of nitrogens with zero attached hydrogens (tertiary/aromatic N) is 2. The molecule has 0 atom stereocenters. The van der Waals surface area contributed by atoms with Gasteiger partial charge in [-0.15, -0.1) is 0 Å². The van der Waals surface area contributed by atoms with Gasteiger partial charge in [-0.2, -0.15) is 0 Å². The van der Waals surface area contributed by atoms with Crippen molar-refractivity contribution in [2.24, 2.45) is 4.99 Å². The molecule has 0 bridgehead atoms. The summed E-state index contributed by atoms with van der Waals surface area (Å²) < 4.78 is 4.71. The topological polar surface area (TPSA) is 41.9 Å². The number of likely N-dealkylation sites (N-methyl/N-ethyl adjacent to an activating group) is 1. The Hall–Kier alpha value is -2.88. The second kappa shape index (κ2) is 7.39. The van der Waals surface area contributed by atoms with Crippen molar-refractivity contribution in [3.8, 4) is 0 Å². The van der Waals surface area contributed by atoms with Crippen molar-refractivity contribution in [2.75, 3.05) is 18.6 Å². The normalized spacial score (nSPS) is 15.4. The molecule has 3 rings (SSSR count). The fourth-order valence-corrected chi connectivity index (χ4v) is 3.71. The van der Waals surface area contributed by atoms with E-state index in [1.54, 1.807) is 12.1 Å². The van der Waals surface area contributed by atoms with E-state index in [4.69, 9.17) is 4.74 Å². The van der Waals surface area contributed by atoms with Gasteiger partial charge in [0.25, 0.3) is 0 Å². The third kappa shape index (κ3) is 3.80. The van der Waals surface area contributed by atoms with Gasteiger partial charge in [0.1, 0.15) is 0 Å². The molecule has 0 fully saturated rings.